The van der Waals surface area contributed by atoms with E-state index in [2.05, 4.69) is 21.4 Å². The second kappa shape index (κ2) is 5.98. The molecule has 96 valence electrons. The minimum absolute atomic E-state index is 0.494. The number of ether oxygens (including phenoxy) is 1. The lowest BCUT2D eigenvalue weighted by Crippen LogP contribution is -1.93. The summed E-state index contributed by atoms with van der Waals surface area (Å²) in [5, 5.41) is 14.8. The number of pyridine rings is 1. The van der Waals surface area contributed by atoms with Crippen LogP contribution in [-0.2, 0) is 0 Å². The number of hydrogen-bond acceptors (Lipinski definition) is 6. The van der Waals surface area contributed by atoms with Crippen molar-refractivity contribution in [3.63, 3.8) is 0 Å². The Morgan fingerprint density at radius 1 is 1.53 bits per heavy atom. The van der Waals surface area contributed by atoms with E-state index in [0.29, 0.717) is 16.5 Å². The molecule has 0 aliphatic heterocycles. The number of nitrogens with one attached hydrogen (secondary N) is 1. The average Bonchev–Trinajstić information content (AvgIpc) is 2.87. The third-order valence-corrected chi connectivity index (χ3v) is 3.29. The molecular formula is C13H12N4OS. The Labute approximate surface area is 115 Å². The molecule has 2 heterocycles. The van der Waals surface area contributed by atoms with Crippen LogP contribution in [0, 0.1) is 18.3 Å². The van der Waals surface area contributed by atoms with Crippen molar-refractivity contribution in [3.8, 4) is 11.9 Å². The summed E-state index contributed by atoms with van der Waals surface area (Å²) in [4.78, 5) is 8.34. The number of anilines is 1. The van der Waals surface area contributed by atoms with Crippen LogP contribution in [-0.4, -0.2) is 17.1 Å². The Kier molecular flexibility index (Phi) is 4.11. The van der Waals surface area contributed by atoms with E-state index >= 15 is 0 Å². The van der Waals surface area contributed by atoms with Crippen molar-refractivity contribution in [2.45, 2.75) is 6.92 Å². The molecule has 5 nitrogen and oxygen atoms in total. The fraction of sp³-hybridized carbons (Fsp3) is 0.154. The smallest absolute Gasteiger partial charge is 0.213 e. The molecule has 0 saturated heterocycles. The van der Waals surface area contributed by atoms with Crippen molar-refractivity contribution in [1.82, 2.24) is 9.97 Å². The molecule has 0 aliphatic carbocycles. The second-order valence-corrected chi connectivity index (χ2v) is 4.56. The summed E-state index contributed by atoms with van der Waals surface area (Å²) in [6.45, 7) is 1.90. The molecule has 6 heteroatoms. The molecule has 0 unspecified atom stereocenters. The van der Waals surface area contributed by atoms with E-state index in [9.17, 15) is 0 Å². The summed E-state index contributed by atoms with van der Waals surface area (Å²) in [5.41, 5.74) is 2.18. The number of nitrogens with zero attached hydrogens (tertiary/aromatic N) is 3. The molecular weight excluding hydrogens is 260 g/mol. The lowest BCUT2D eigenvalue weighted by molar-refractivity contribution is 0.398. The predicted molar refractivity (Wildman–Crippen MR) is 74.9 cm³/mol. The molecule has 0 atom stereocenters. The Bertz CT molecular complexity index is 625. The van der Waals surface area contributed by atoms with Gasteiger partial charge in [0.05, 0.1) is 19.0 Å². The van der Waals surface area contributed by atoms with Crippen molar-refractivity contribution >= 4 is 22.6 Å². The van der Waals surface area contributed by atoms with Crippen LogP contribution in [0.4, 0.5) is 5.69 Å². The summed E-state index contributed by atoms with van der Waals surface area (Å²) < 4.78 is 4.97. The van der Waals surface area contributed by atoms with Crippen molar-refractivity contribution in [1.29, 1.82) is 5.26 Å². The van der Waals surface area contributed by atoms with Crippen LogP contribution in [0.15, 0.2) is 29.9 Å². The van der Waals surface area contributed by atoms with Gasteiger partial charge < -0.3 is 10.1 Å². The van der Waals surface area contributed by atoms with Gasteiger partial charge >= 0.3 is 0 Å². The second-order valence-electron chi connectivity index (χ2n) is 3.70. The van der Waals surface area contributed by atoms with Crippen LogP contribution < -0.4 is 10.1 Å². The van der Waals surface area contributed by atoms with E-state index in [4.69, 9.17) is 10.00 Å². The van der Waals surface area contributed by atoms with Crippen LogP contribution in [0.25, 0.3) is 5.57 Å². The van der Waals surface area contributed by atoms with Crippen molar-refractivity contribution in [3.05, 3.63) is 40.6 Å². The number of nitriles is 1. The predicted octanol–water partition coefficient (Wildman–Crippen LogP) is 2.83. The number of rotatable bonds is 4. The third kappa shape index (κ3) is 3.30. The summed E-state index contributed by atoms with van der Waals surface area (Å²) in [7, 11) is 1.56. The fourth-order valence-corrected chi connectivity index (χ4v) is 2.12. The number of methoxy groups -OCH3 is 1. The van der Waals surface area contributed by atoms with Gasteiger partial charge in [0.2, 0.25) is 5.88 Å². The molecule has 0 radical (unpaired) electrons. The molecule has 0 aliphatic rings. The van der Waals surface area contributed by atoms with Crippen LogP contribution in [0.3, 0.4) is 0 Å². The van der Waals surface area contributed by atoms with E-state index in [1.807, 2.05) is 18.4 Å². The zero-order chi connectivity index (χ0) is 13.7. The maximum atomic E-state index is 9.12. The maximum absolute atomic E-state index is 9.12. The molecule has 1 N–H and O–H groups in total. The van der Waals surface area contributed by atoms with Crippen LogP contribution in [0.1, 0.15) is 10.7 Å². The monoisotopic (exact) mass is 272 g/mol. The Morgan fingerprint density at radius 3 is 2.89 bits per heavy atom. The number of aryl methyl sites for hydroxylation is 1. The topological polar surface area (TPSA) is 70.8 Å². The molecule has 19 heavy (non-hydrogen) atoms. The van der Waals surface area contributed by atoms with Gasteiger partial charge in [-0.1, -0.05) is 0 Å². The van der Waals surface area contributed by atoms with Gasteiger partial charge in [0.15, 0.2) is 0 Å². The van der Waals surface area contributed by atoms with Crippen LogP contribution >= 0.6 is 11.3 Å². The highest BCUT2D eigenvalue weighted by Gasteiger charge is 2.05. The highest BCUT2D eigenvalue weighted by atomic mass is 32.1. The van der Waals surface area contributed by atoms with E-state index < -0.39 is 0 Å². The van der Waals surface area contributed by atoms with E-state index in [1.54, 1.807) is 25.6 Å². The van der Waals surface area contributed by atoms with Crippen LogP contribution in [0.5, 0.6) is 5.88 Å². The fourth-order valence-electron chi connectivity index (χ4n) is 1.36. The highest BCUT2D eigenvalue weighted by Crippen LogP contribution is 2.19. The van der Waals surface area contributed by atoms with Crippen molar-refractivity contribution in [2.75, 3.05) is 12.4 Å². The first-order chi connectivity index (χ1) is 9.22. The van der Waals surface area contributed by atoms with Gasteiger partial charge in [-0.05, 0) is 13.0 Å². The standard InChI is InChI=1S/C13H12N4OS/c1-9-8-19-13(17-9)10(5-14)6-15-11-3-4-12(18-2)16-7-11/h3-4,6-8,15H,1-2H3/b10-6+. The third-order valence-electron chi connectivity index (χ3n) is 2.30. The van der Waals surface area contributed by atoms with Gasteiger partial charge in [0.25, 0.3) is 0 Å². The zero-order valence-electron chi connectivity index (χ0n) is 10.5. The minimum atomic E-state index is 0.494. The average molecular weight is 272 g/mol. The summed E-state index contributed by atoms with van der Waals surface area (Å²) in [6.07, 6.45) is 3.26. The SMILES string of the molecule is COc1ccc(N/C=C(\C#N)c2nc(C)cs2)cn1. The van der Waals surface area contributed by atoms with Gasteiger partial charge in [-0.3, -0.25) is 0 Å². The van der Waals surface area contributed by atoms with Gasteiger partial charge in [-0.25, -0.2) is 9.97 Å². The lowest BCUT2D eigenvalue weighted by Gasteiger charge is -2.02. The number of thiazole rings is 1. The maximum Gasteiger partial charge on any atom is 0.213 e. The number of hydrogen-bond donors (Lipinski definition) is 1. The number of aromatic nitrogens is 2. The molecule has 0 spiro atoms. The summed E-state index contributed by atoms with van der Waals surface area (Å²) in [5.74, 6) is 0.547. The summed E-state index contributed by atoms with van der Waals surface area (Å²) >= 11 is 1.45. The van der Waals surface area contributed by atoms with Gasteiger partial charge in [0.1, 0.15) is 16.6 Å². The molecule has 0 saturated carbocycles. The zero-order valence-corrected chi connectivity index (χ0v) is 11.4. The number of allylic oxidation sites excluding steroid dienone is 1. The normalized spacial score (nSPS) is 10.9. The minimum Gasteiger partial charge on any atom is -0.481 e. The van der Waals surface area contributed by atoms with E-state index in [1.165, 1.54) is 11.3 Å². The Balaban J connectivity index is 2.13. The molecule has 0 fully saturated rings. The van der Waals surface area contributed by atoms with Gasteiger partial charge in [0, 0.05) is 23.3 Å². The molecule has 2 aromatic heterocycles. The Hall–Kier alpha value is -2.39. The van der Waals surface area contributed by atoms with E-state index in [0.717, 1.165) is 11.4 Å². The first-order valence-corrected chi connectivity index (χ1v) is 6.40. The first kappa shape index (κ1) is 13.1. The van der Waals surface area contributed by atoms with Crippen LogP contribution in [0.2, 0.25) is 0 Å². The van der Waals surface area contributed by atoms with Crippen molar-refractivity contribution in [2.24, 2.45) is 0 Å². The quantitative estimate of drug-likeness (QED) is 0.866. The van der Waals surface area contributed by atoms with Gasteiger partial charge in [-0.15, -0.1) is 11.3 Å². The molecule has 2 aromatic rings. The molecule has 0 amide bonds. The molecule has 0 aromatic carbocycles. The largest absolute Gasteiger partial charge is 0.481 e. The van der Waals surface area contributed by atoms with E-state index in [-0.39, 0.29) is 0 Å². The molecule has 0 bridgehead atoms. The highest BCUT2D eigenvalue weighted by molar-refractivity contribution is 7.10. The summed E-state index contributed by atoms with van der Waals surface area (Å²) in [6, 6.07) is 5.70. The first-order valence-electron chi connectivity index (χ1n) is 5.52. The van der Waals surface area contributed by atoms with Gasteiger partial charge in [-0.2, -0.15) is 5.26 Å². The van der Waals surface area contributed by atoms with Crippen molar-refractivity contribution < 1.29 is 4.74 Å². The molecule has 2 rings (SSSR count). The lowest BCUT2D eigenvalue weighted by atomic mass is 10.3. The Morgan fingerprint density at radius 2 is 2.37 bits per heavy atom.